The van der Waals surface area contributed by atoms with E-state index in [4.69, 9.17) is 5.73 Å². The van der Waals surface area contributed by atoms with Crippen LogP contribution in [0.25, 0.3) is 10.9 Å². The number of hydrogen-bond acceptors (Lipinski definition) is 4. The van der Waals surface area contributed by atoms with Gasteiger partial charge in [-0.3, -0.25) is 14.6 Å². The van der Waals surface area contributed by atoms with Crippen LogP contribution in [0, 0.1) is 5.82 Å². The SMILES string of the molecule is CCc1nccn1CC(=O)N1CCCC(c2nc3ccc(F)cc3cc2C(N)=O)C1. The Hall–Kier alpha value is -3.29. The van der Waals surface area contributed by atoms with Crippen molar-refractivity contribution in [2.75, 3.05) is 13.1 Å². The van der Waals surface area contributed by atoms with E-state index in [0.717, 1.165) is 25.1 Å². The van der Waals surface area contributed by atoms with Crippen LogP contribution in [0.5, 0.6) is 0 Å². The molecule has 1 fully saturated rings. The van der Waals surface area contributed by atoms with E-state index in [0.29, 0.717) is 29.7 Å². The molecule has 1 unspecified atom stereocenters. The Labute approximate surface area is 173 Å². The van der Waals surface area contributed by atoms with Gasteiger partial charge in [-0.15, -0.1) is 0 Å². The molecule has 30 heavy (non-hydrogen) atoms. The molecule has 0 aliphatic carbocycles. The number of fused-ring (bicyclic) bond motifs is 1. The number of likely N-dealkylation sites (tertiary alicyclic amines) is 1. The predicted octanol–water partition coefficient (Wildman–Crippen LogP) is 2.64. The first-order valence-corrected chi connectivity index (χ1v) is 10.1. The van der Waals surface area contributed by atoms with Crippen LogP contribution >= 0.6 is 0 Å². The topological polar surface area (TPSA) is 94.1 Å². The number of carbonyl (C=O) groups excluding carboxylic acids is 2. The lowest BCUT2D eigenvalue weighted by Gasteiger charge is -2.33. The molecule has 8 heteroatoms. The van der Waals surface area contributed by atoms with Gasteiger partial charge in [0.15, 0.2) is 0 Å². The first kappa shape index (κ1) is 20.0. The molecule has 2 amide bonds. The Morgan fingerprint density at radius 3 is 2.90 bits per heavy atom. The lowest BCUT2D eigenvalue weighted by molar-refractivity contribution is -0.133. The van der Waals surface area contributed by atoms with Crippen molar-refractivity contribution < 1.29 is 14.0 Å². The van der Waals surface area contributed by atoms with Crippen LogP contribution in [0.2, 0.25) is 0 Å². The number of pyridine rings is 1. The average molecular weight is 409 g/mol. The van der Waals surface area contributed by atoms with Gasteiger partial charge < -0.3 is 15.2 Å². The van der Waals surface area contributed by atoms with E-state index in [-0.39, 0.29) is 23.9 Å². The van der Waals surface area contributed by atoms with Gasteiger partial charge in [-0.1, -0.05) is 6.92 Å². The molecule has 2 aromatic heterocycles. The molecule has 3 aromatic rings. The number of nitrogens with two attached hydrogens (primary N) is 1. The summed E-state index contributed by atoms with van der Waals surface area (Å²) in [4.78, 5) is 35.7. The summed E-state index contributed by atoms with van der Waals surface area (Å²) in [5.41, 5.74) is 7.07. The van der Waals surface area contributed by atoms with Gasteiger partial charge >= 0.3 is 0 Å². The largest absolute Gasteiger partial charge is 0.366 e. The Morgan fingerprint density at radius 1 is 1.30 bits per heavy atom. The number of amides is 2. The van der Waals surface area contributed by atoms with E-state index in [1.807, 2.05) is 22.6 Å². The Balaban J connectivity index is 1.60. The molecule has 1 aliphatic rings. The van der Waals surface area contributed by atoms with Gasteiger partial charge in [0.05, 0.1) is 16.8 Å². The normalized spacial score (nSPS) is 16.7. The third kappa shape index (κ3) is 3.90. The summed E-state index contributed by atoms with van der Waals surface area (Å²) in [6.45, 7) is 3.37. The quantitative estimate of drug-likeness (QED) is 0.701. The summed E-state index contributed by atoms with van der Waals surface area (Å²) in [5, 5.41) is 0.531. The molecule has 2 N–H and O–H groups in total. The minimum absolute atomic E-state index is 0.0101. The number of hydrogen-bond donors (Lipinski definition) is 1. The fraction of sp³-hybridized carbons (Fsp3) is 0.364. The number of aryl methyl sites for hydroxylation is 1. The van der Waals surface area contributed by atoms with Crippen LogP contribution in [0.1, 0.15) is 47.6 Å². The monoisotopic (exact) mass is 409 g/mol. The van der Waals surface area contributed by atoms with E-state index >= 15 is 0 Å². The molecule has 3 heterocycles. The van der Waals surface area contributed by atoms with Crippen LogP contribution < -0.4 is 5.73 Å². The lowest BCUT2D eigenvalue weighted by atomic mass is 9.90. The molecule has 1 aromatic carbocycles. The summed E-state index contributed by atoms with van der Waals surface area (Å²) in [6, 6.07) is 5.88. The van der Waals surface area contributed by atoms with Gasteiger partial charge in [0, 0.05) is 43.2 Å². The van der Waals surface area contributed by atoms with Crippen molar-refractivity contribution in [1.82, 2.24) is 19.4 Å². The summed E-state index contributed by atoms with van der Waals surface area (Å²) in [5.74, 6) is -0.216. The summed E-state index contributed by atoms with van der Waals surface area (Å²) in [6.07, 6.45) is 5.88. The molecule has 0 saturated carbocycles. The number of benzene rings is 1. The molecular formula is C22H24FN5O2. The molecule has 0 bridgehead atoms. The maximum atomic E-state index is 13.6. The molecule has 7 nitrogen and oxygen atoms in total. The second kappa shape index (κ2) is 8.22. The number of imidazole rings is 1. The van der Waals surface area contributed by atoms with Crippen LogP contribution in [0.3, 0.4) is 0 Å². The highest BCUT2D eigenvalue weighted by atomic mass is 19.1. The van der Waals surface area contributed by atoms with Gasteiger partial charge in [-0.05, 0) is 37.1 Å². The van der Waals surface area contributed by atoms with E-state index < -0.39 is 11.7 Å². The summed E-state index contributed by atoms with van der Waals surface area (Å²) in [7, 11) is 0. The van der Waals surface area contributed by atoms with Gasteiger partial charge in [0.2, 0.25) is 5.91 Å². The van der Waals surface area contributed by atoms with E-state index in [1.165, 1.54) is 12.1 Å². The zero-order chi connectivity index (χ0) is 21.3. The van der Waals surface area contributed by atoms with Crippen LogP contribution in [-0.4, -0.2) is 44.3 Å². The lowest BCUT2D eigenvalue weighted by Crippen LogP contribution is -2.41. The second-order valence-corrected chi connectivity index (χ2v) is 7.63. The van der Waals surface area contributed by atoms with Crippen molar-refractivity contribution in [3.8, 4) is 0 Å². The van der Waals surface area contributed by atoms with E-state index in [2.05, 4.69) is 9.97 Å². The Morgan fingerprint density at radius 2 is 2.13 bits per heavy atom. The maximum absolute atomic E-state index is 13.6. The predicted molar refractivity (Wildman–Crippen MR) is 110 cm³/mol. The molecule has 156 valence electrons. The van der Waals surface area contributed by atoms with Crippen molar-refractivity contribution in [2.45, 2.75) is 38.6 Å². The average Bonchev–Trinajstić information content (AvgIpc) is 3.19. The first-order chi connectivity index (χ1) is 14.5. The second-order valence-electron chi connectivity index (χ2n) is 7.63. The zero-order valence-electron chi connectivity index (χ0n) is 16.8. The van der Waals surface area contributed by atoms with Crippen molar-refractivity contribution in [3.05, 3.63) is 59.6 Å². The fourth-order valence-electron chi connectivity index (χ4n) is 4.14. The maximum Gasteiger partial charge on any atom is 0.250 e. The van der Waals surface area contributed by atoms with Crippen molar-refractivity contribution in [2.24, 2.45) is 5.73 Å². The molecule has 1 atom stereocenters. The number of primary amides is 1. The molecule has 4 rings (SSSR count). The molecule has 0 radical (unpaired) electrons. The first-order valence-electron chi connectivity index (χ1n) is 10.1. The summed E-state index contributed by atoms with van der Waals surface area (Å²) >= 11 is 0. The van der Waals surface area contributed by atoms with E-state index in [1.54, 1.807) is 18.3 Å². The van der Waals surface area contributed by atoms with Gasteiger partial charge in [0.1, 0.15) is 18.2 Å². The van der Waals surface area contributed by atoms with Gasteiger partial charge in [-0.2, -0.15) is 0 Å². The van der Waals surface area contributed by atoms with Gasteiger partial charge in [-0.25, -0.2) is 9.37 Å². The number of halogens is 1. The third-order valence-electron chi connectivity index (χ3n) is 5.66. The molecule has 0 spiro atoms. The van der Waals surface area contributed by atoms with Crippen LogP contribution in [0.15, 0.2) is 36.7 Å². The van der Waals surface area contributed by atoms with Crippen molar-refractivity contribution in [3.63, 3.8) is 0 Å². The van der Waals surface area contributed by atoms with Crippen LogP contribution in [-0.2, 0) is 17.8 Å². The summed E-state index contributed by atoms with van der Waals surface area (Å²) < 4.78 is 15.4. The Bertz CT molecular complexity index is 1110. The highest BCUT2D eigenvalue weighted by Crippen LogP contribution is 2.30. The highest BCUT2D eigenvalue weighted by molar-refractivity contribution is 5.97. The van der Waals surface area contributed by atoms with Crippen molar-refractivity contribution in [1.29, 1.82) is 0 Å². The minimum atomic E-state index is -0.599. The number of aromatic nitrogens is 3. The molecular weight excluding hydrogens is 385 g/mol. The van der Waals surface area contributed by atoms with Gasteiger partial charge in [0.25, 0.3) is 5.91 Å². The number of rotatable bonds is 5. The standard InChI is InChI=1S/C22H24FN5O2/c1-2-19-25-7-9-27(19)13-20(29)28-8-3-4-14(12-28)21-17(22(24)30)11-15-10-16(23)5-6-18(15)26-21/h5-7,9-11,14H,2-4,8,12-13H2,1H3,(H2,24,30). The number of nitrogens with zero attached hydrogens (tertiary/aromatic N) is 4. The minimum Gasteiger partial charge on any atom is -0.366 e. The fourth-order valence-corrected chi connectivity index (χ4v) is 4.14. The number of piperidine rings is 1. The molecule has 1 saturated heterocycles. The van der Waals surface area contributed by atoms with E-state index in [9.17, 15) is 14.0 Å². The highest BCUT2D eigenvalue weighted by Gasteiger charge is 2.29. The third-order valence-corrected chi connectivity index (χ3v) is 5.66. The Kier molecular flexibility index (Phi) is 5.48. The van der Waals surface area contributed by atoms with Crippen LogP contribution in [0.4, 0.5) is 4.39 Å². The zero-order valence-corrected chi connectivity index (χ0v) is 16.8. The molecule has 1 aliphatic heterocycles. The van der Waals surface area contributed by atoms with Crippen molar-refractivity contribution >= 4 is 22.7 Å². The number of carbonyl (C=O) groups is 2. The smallest absolute Gasteiger partial charge is 0.250 e.